The predicted molar refractivity (Wildman–Crippen MR) is 43.2 cm³/mol. The minimum absolute atomic E-state index is 0.123. The van der Waals surface area contributed by atoms with E-state index in [0.29, 0.717) is 16.0 Å². The molecule has 0 amide bonds. The molecule has 0 aliphatic rings. The van der Waals surface area contributed by atoms with Crippen molar-refractivity contribution in [3.63, 3.8) is 0 Å². The highest BCUT2D eigenvalue weighted by Crippen LogP contribution is 2.25. The van der Waals surface area contributed by atoms with Crippen LogP contribution in [-0.2, 0) is 5.88 Å². The van der Waals surface area contributed by atoms with Gasteiger partial charge >= 0.3 is 0 Å². The molecule has 1 heterocycles. The van der Waals surface area contributed by atoms with Gasteiger partial charge in [-0.3, -0.25) is 0 Å². The molecule has 0 saturated carbocycles. The molecule has 1 aromatic rings. The lowest BCUT2D eigenvalue weighted by Gasteiger charge is -1.99. The second kappa shape index (κ2) is 3.21. The van der Waals surface area contributed by atoms with Crippen molar-refractivity contribution in [3.05, 3.63) is 22.4 Å². The summed E-state index contributed by atoms with van der Waals surface area (Å²) in [5, 5.41) is 9.20. The molecule has 0 bridgehead atoms. The van der Waals surface area contributed by atoms with Crippen molar-refractivity contribution in [1.82, 2.24) is 4.98 Å². The number of rotatable bonds is 1. The molecule has 54 valence electrons. The topological polar surface area (TPSA) is 33.1 Å². The van der Waals surface area contributed by atoms with E-state index in [4.69, 9.17) is 11.6 Å². The van der Waals surface area contributed by atoms with E-state index in [1.54, 1.807) is 12.3 Å². The van der Waals surface area contributed by atoms with E-state index in [1.807, 2.05) is 0 Å². The van der Waals surface area contributed by atoms with Crippen LogP contribution in [0.25, 0.3) is 0 Å². The molecule has 1 N–H and O–H groups in total. The number of nitrogens with zero attached hydrogens (tertiary/aromatic N) is 1. The third-order valence-corrected chi connectivity index (χ3v) is 1.98. The molecule has 0 atom stereocenters. The van der Waals surface area contributed by atoms with Gasteiger partial charge in [-0.15, -0.1) is 11.6 Å². The van der Waals surface area contributed by atoms with E-state index in [0.717, 1.165) is 0 Å². The molecule has 0 aliphatic carbocycles. The van der Waals surface area contributed by atoms with Crippen molar-refractivity contribution in [3.8, 4) is 5.75 Å². The minimum Gasteiger partial charge on any atom is -0.505 e. The molecule has 4 heteroatoms. The summed E-state index contributed by atoms with van der Waals surface area (Å²) in [4.78, 5) is 3.80. The molecule has 0 unspecified atom stereocenters. The maximum Gasteiger partial charge on any atom is 0.152 e. The molecule has 0 fully saturated rings. The number of hydrogen-bond donors (Lipinski definition) is 1. The molecule has 2 nitrogen and oxygen atoms in total. The van der Waals surface area contributed by atoms with Crippen LogP contribution in [-0.4, -0.2) is 10.1 Å². The van der Waals surface area contributed by atoms with E-state index < -0.39 is 0 Å². The average Bonchev–Trinajstić information content (AvgIpc) is 1.95. The van der Waals surface area contributed by atoms with Gasteiger partial charge in [-0.25, -0.2) is 4.98 Å². The Hall–Kier alpha value is -0.280. The van der Waals surface area contributed by atoms with Crippen LogP contribution in [0.15, 0.2) is 16.9 Å². The van der Waals surface area contributed by atoms with Crippen molar-refractivity contribution in [2.24, 2.45) is 0 Å². The zero-order chi connectivity index (χ0) is 7.56. The first-order chi connectivity index (χ1) is 4.75. The van der Waals surface area contributed by atoms with Crippen molar-refractivity contribution in [2.75, 3.05) is 0 Å². The molecule has 0 spiro atoms. The summed E-state index contributed by atoms with van der Waals surface area (Å²) in [6, 6.07) is 1.67. The molecular formula is C6H5BrClNO. The van der Waals surface area contributed by atoms with Crippen LogP contribution >= 0.6 is 27.5 Å². The van der Waals surface area contributed by atoms with Crippen LogP contribution < -0.4 is 0 Å². The zero-order valence-corrected chi connectivity index (χ0v) is 7.35. The predicted octanol–water partition coefficient (Wildman–Crippen LogP) is 2.29. The first-order valence-corrected chi connectivity index (χ1v) is 3.96. The summed E-state index contributed by atoms with van der Waals surface area (Å²) >= 11 is 8.56. The van der Waals surface area contributed by atoms with Gasteiger partial charge in [-0.1, -0.05) is 0 Å². The van der Waals surface area contributed by atoms with Gasteiger partial charge in [-0.05, 0) is 22.0 Å². The van der Waals surface area contributed by atoms with E-state index in [2.05, 4.69) is 20.9 Å². The third kappa shape index (κ3) is 1.41. The first kappa shape index (κ1) is 7.82. The minimum atomic E-state index is 0.123. The average molecular weight is 222 g/mol. The summed E-state index contributed by atoms with van der Waals surface area (Å²) in [6.45, 7) is 0. The number of alkyl halides is 1. The lowest BCUT2D eigenvalue weighted by molar-refractivity contribution is 0.463. The first-order valence-electron chi connectivity index (χ1n) is 2.64. The molecule has 0 aromatic carbocycles. The van der Waals surface area contributed by atoms with Crippen LogP contribution in [0, 0.1) is 0 Å². The number of aromatic hydroxyl groups is 1. The van der Waals surface area contributed by atoms with Gasteiger partial charge in [0.05, 0.1) is 5.88 Å². The number of halogens is 2. The van der Waals surface area contributed by atoms with E-state index in [1.165, 1.54) is 0 Å². The normalized spacial score (nSPS) is 9.80. The molecular weight excluding hydrogens is 217 g/mol. The fourth-order valence-electron chi connectivity index (χ4n) is 0.573. The Bertz CT molecular complexity index is 241. The molecule has 1 rings (SSSR count). The Kier molecular flexibility index (Phi) is 2.51. The Morgan fingerprint density at radius 1 is 1.70 bits per heavy atom. The lowest BCUT2D eigenvalue weighted by atomic mass is 10.3. The van der Waals surface area contributed by atoms with E-state index in [9.17, 15) is 5.11 Å². The second-order valence-corrected chi connectivity index (χ2v) is 2.76. The highest BCUT2D eigenvalue weighted by Gasteiger charge is 2.02. The summed E-state index contributed by atoms with van der Waals surface area (Å²) in [5.74, 6) is 0.421. The molecule has 1 aromatic heterocycles. The second-order valence-electron chi connectivity index (χ2n) is 1.74. The molecule has 10 heavy (non-hydrogen) atoms. The van der Waals surface area contributed by atoms with Crippen LogP contribution in [0.1, 0.15) is 5.56 Å². The lowest BCUT2D eigenvalue weighted by Crippen LogP contribution is -1.82. The van der Waals surface area contributed by atoms with E-state index >= 15 is 0 Å². The maximum absolute atomic E-state index is 9.20. The maximum atomic E-state index is 9.20. The molecule has 0 saturated heterocycles. The SMILES string of the molecule is Oc1c(CCl)ccnc1Br. The Balaban J connectivity index is 3.14. The molecule has 0 aliphatic heterocycles. The van der Waals surface area contributed by atoms with Crippen LogP contribution in [0.5, 0.6) is 5.75 Å². The smallest absolute Gasteiger partial charge is 0.152 e. The van der Waals surface area contributed by atoms with Gasteiger partial charge in [0.1, 0.15) is 4.60 Å². The standard InChI is InChI=1S/C6H5BrClNO/c7-6-5(10)4(3-8)1-2-9-6/h1-2,10H,3H2. The number of aromatic nitrogens is 1. The van der Waals surface area contributed by atoms with E-state index in [-0.39, 0.29) is 5.75 Å². The van der Waals surface area contributed by atoms with Crippen molar-refractivity contribution in [2.45, 2.75) is 5.88 Å². The van der Waals surface area contributed by atoms with Gasteiger partial charge in [-0.2, -0.15) is 0 Å². The fourth-order valence-corrected chi connectivity index (χ4v) is 1.16. The number of pyridine rings is 1. The number of hydrogen-bond acceptors (Lipinski definition) is 2. The highest BCUT2D eigenvalue weighted by atomic mass is 79.9. The van der Waals surface area contributed by atoms with Crippen LogP contribution in [0.2, 0.25) is 0 Å². The van der Waals surface area contributed by atoms with Crippen molar-refractivity contribution in [1.29, 1.82) is 0 Å². The van der Waals surface area contributed by atoms with Crippen molar-refractivity contribution >= 4 is 27.5 Å². The zero-order valence-electron chi connectivity index (χ0n) is 5.01. The summed E-state index contributed by atoms with van der Waals surface area (Å²) in [6.07, 6.45) is 1.58. The molecule has 0 radical (unpaired) electrons. The Morgan fingerprint density at radius 3 is 2.90 bits per heavy atom. The van der Waals surface area contributed by atoms with Crippen molar-refractivity contribution < 1.29 is 5.11 Å². The van der Waals surface area contributed by atoms with Gasteiger partial charge < -0.3 is 5.11 Å². The Morgan fingerprint density at radius 2 is 2.40 bits per heavy atom. The Labute approximate surface area is 72.0 Å². The fraction of sp³-hybridized carbons (Fsp3) is 0.167. The summed E-state index contributed by atoms with van der Waals surface area (Å²) in [7, 11) is 0. The summed E-state index contributed by atoms with van der Waals surface area (Å²) < 4.78 is 0.436. The van der Waals surface area contributed by atoms with Crippen LogP contribution in [0.3, 0.4) is 0 Å². The highest BCUT2D eigenvalue weighted by molar-refractivity contribution is 9.10. The monoisotopic (exact) mass is 221 g/mol. The van der Waals surface area contributed by atoms with Gasteiger partial charge in [0.15, 0.2) is 5.75 Å². The van der Waals surface area contributed by atoms with Gasteiger partial charge in [0.2, 0.25) is 0 Å². The quantitative estimate of drug-likeness (QED) is 0.584. The van der Waals surface area contributed by atoms with Gasteiger partial charge in [0, 0.05) is 11.8 Å². The summed E-state index contributed by atoms with van der Waals surface area (Å²) in [5.41, 5.74) is 0.684. The van der Waals surface area contributed by atoms with Gasteiger partial charge in [0.25, 0.3) is 0 Å². The third-order valence-electron chi connectivity index (χ3n) is 1.11. The largest absolute Gasteiger partial charge is 0.505 e. The van der Waals surface area contributed by atoms with Crippen LogP contribution in [0.4, 0.5) is 0 Å².